The van der Waals surface area contributed by atoms with Crippen LogP contribution in [-0.4, -0.2) is 41.6 Å². The molecular formula is C19H21NO5. The van der Waals surface area contributed by atoms with Gasteiger partial charge in [0, 0.05) is 13.0 Å². The van der Waals surface area contributed by atoms with Gasteiger partial charge in [0.1, 0.15) is 17.6 Å². The number of nitrogens with zero attached hydrogens (tertiary/aromatic N) is 1. The maximum absolute atomic E-state index is 12.7. The highest BCUT2D eigenvalue weighted by Gasteiger charge is 2.30. The smallest absolute Gasteiger partial charge is 0.335 e. The number of aromatic carboxylic acids is 1. The van der Waals surface area contributed by atoms with Gasteiger partial charge in [0.15, 0.2) is 0 Å². The molecule has 1 fully saturated rings. The Kier molecular flexibility index (Phi) is 5.19. The molecule has 2 aromatic rings. The summed E-state index contributed by atoms with van der Waals surface area (Å²) in [5.74, 6) is 0.515. The summed E-state index contributed by atoms with van der Waals surface area (Å²) in [4.78, 5) is 25.8. The lowest BCUT2D eigenvalue weighted by Crippen LogP contribution is -2.43. The average Bonchev–Trinajstić information content (AvgIpc) is 3.06. The van der Waals surface area contributed by atoms with Gasteiger partial charge in [0.2, 0.25) is 5.91 Å². The third-order valence-corrected chi connectivity index (χ3v) is 4.39. The second-order valence-electron chi connectivity index (χ2n) is 6.09. The van der Waals surface area contributed by atoms with Gasteiger partial charge in [-0.05, 0) is 37.1 Å². The quantitative estimate of drug-likeness (QED) is 0.903. The number of ether oxygens (including phenoxy) is 1. The van der Waals surface area contributed by atoms with Crippen LogP contribution < -0.4 is 0 Å². The Bertz CT molecular complexity index is 767. The van der Waals surface area contributed by atoms with Crippen LogP contribution in [0.5, 0.6) is 0 Å². The largest absolute Gasteiger partial charge is 0.478 e. The molecule has 1 aliphatic rings. The summed E-state index contributed by atoms with van der Waals surface area (Å²) in [5.41, 5.74) is 0.914. The van der Waals surface area contributed by atoms with Crippen molar-refractivity contribution in [3.63, 3.8) is 0 Å². The fraction of sp³-hybridized carbons (Fsp3) is 0.368. The molecular weight excluding hydrogens is 322 g/mol. The van der Waals surface area contributed by atoms with Crippen molar-refractivity contribution in [3.8, 4) is 0 Å². The van der Waals surface area contributed by atoms with E-state index in [-0.39, 0.29) is 23.9 Å². The number of aryl methyl sites for hydroxylation is 2. The van der Waals surface area contributed by atoms with Crippen LogP contribution in [0.4, 0.5) is 0 Å². The Morgan fingerprint density at radius 1 is 1.24 bits per heavy atom. The monoisotopic (exact) mass is 343 g/mol. The maximum atomic E-state index is 12.7. The number of hydrogen-bond donors (Lipinski definition) is 1. The van der Waals surface area contributed by atoms with E-state index in [0.29, 0.717) is 31.7 Å². The number of carbonyl (C=O) groups excluding carboxylic acids is 1. The Labute approximate surface area is 146 Å². The molecule has 1 aromatic heterocycles. The van der Waals surface area contributed by atoms with Gasteiger partial charge in [-0.1, -0.05) is 18.2 Å². The molecule has 0 aliphatic carbocycles. The molecule has 6 nitrogen and oxygen atoms in total. The van der Waals surface area contributed by atoms with E-state index in [1.54, 1.807) is 29.2 Å². The van der Waals surface area contributed by atoms with E-state index in [4.69, 9.17) is 9.15 Å². The fourth-order valence-corrected chi connectivity index (χ4v) is 3.10. The minimum Gasteiger partial charge on any atom is -0.478 e. The van der Waals surface area contributed by atoms with Gasteiger partial charge in [-0.3, -0.25) is 4.79 Å². The first-order valence-electron chi connectivity index (χ1n) is 8.31. The second kappa shape index (κ2) is 7.53. The summed E-state index contributed by atoms with van der Waals surface area (Å²) in [5, 5.41) is 9.25. The van der Waals surface area contributed by atoms with Crippen LogP contribution in [-0.2, 0) is 16.0 Å². The topological polar surface area (TPSA) is 80.0 Å². The fourth-order valence-electron chi connectivity index (χ4n) is 3.10. The van der Waals surface area contributed by atoms with Crippen molar-refractivity contribution < 1.29 is 23.8 Å². The van der Waals surface area contributed by atoms with E-state index in [0.717, 1.165) is 11.5 Å². The van der Waals surface area contributed by atoms with Crippen LogP contribution in [0.25, 0.3) is 0 Å². The molecule has 6 heteroatoms. The predicted molar refractivity (Wildman–Crippen MR) is 90.4 cm³/mol. The average molecular weight is 343 g/mol. The first-order valence-corrected chi connectivity index (χ1v) is 8.31. The van der Waals surface area contributed by atoms with Crippen molar-refractivity contribution in [2.24, 2.45) is 0 Å². The number of carboxylic acid groups (broad SMARTS) is 1. The normalized spacial score (nSPS) is 17.5. The third kappa shape index (κ3) is 3.91. The molecule has 1 aliphatic heterocycles. The van der Waals surface area contributed by atoms with E-state index >= 15 is 0 Å². The Morgan fingerprint density at radius 3 is 2.76 bits per heavy atom. The highest BCUT2D eigenvalue weighted by Crippen LogP contribution is 2.27. The molecule has 0 spiro atoms. The summed E-state index contributed by atoms with van der Waals surface area (Å²) in [6.45, 7) is 3.27. The Hall–Kier alpha value is -2.60. The molecule has 0 radical (unpaired) electrons. The molecule has 1 N–H and O–H groups in total. The van der Waals surface area contributed by atoms with Crippen molar-refractivity contribution in [3.05, 3.63) is 59.0 Å². The summed E-state index contributed by atoms with van der Waals surface area (Å²) >= 11 is 0. The van der Waals surface area contributed by atoms with Crippen LogP contribution in [0.3, 0.4) is 0 Å². The molecule has 132 valence electrons. The first kappa shape index (κ1) is 17.2. The lowest BCUT2D eigenvalue weighted by Gasteiger charge is -2.34. The second-order valence-corrected chi connectivity index (χ2v) is 6.09. The summed E-state index contributed by atoms with van der Waals surface area (Å²) in [6, 6.07) is 10.3. The number of hydrogen-bond acceptors (Lipinski definition) is 4. The van der Waals surface area contributed by atoms with E-state index in [1.807, 2.05) is 19.1 Å². The lowest BCUT2D eigenvalue weighted by atomic mass is 10.0. The van der Waals surface area contributed by atoms with Crippen LogP contribution in [0.1, 0.15) is 39.9 Å². The zero-order valence-corrected chi connectivity index (χ0v) is 14.1. The predicted octanol–water partition coefficient (Wildman–Crippen LogP) is 2.82. The summed E-state index contributed by atoms with van der Waals surface area (Å²) < 4.78 is 11.2. The Morgan fingerprint density at radius 2 is 2.04 bits per heavy atom. The number of rotatable bonds is 5. The molecule has 25 heavy (non-hydrogen) atoms. The van der Waals surface area contributed by atoms with Crippen molar-refractivity contribution in [2.45, 2.75) is 25.8 Å². The van der Waals surface area contributed by atoms with Crippen LogP contribution in [0, 0.1) is 6.92 Å². The minimum atomic E-state index is -0.974. The Balaban J connectivity index is 1.70. The van der Waals surface area contributed by atoms with Gasteiger partial charge in [-0.15, -0.1) is 0 Å². The standard InChI is InChI=1S/C19H21NO5/c1-13-6-8-17(25-13)16-12-24-11-10-20(16)18(21)9-7-14-4-2-3-5-15(14)19(22)23/h2-6,8,16H,7,9-12H2,1H3,(H,22,23). The molecule has 0 bridgehead atoms. The highest BCUT2D eigenvalue weighted by molar-refractivity contribution is 5.89. The molecule has 1 aromatic carbocycles. The van der Waals surface area contributed by atoms with Crippen molar-refractivity contribution in [1.82, 2.24) is 4.90 Å². The van der Waals surface area contributed by atoms with Gasteiger partial charge in [-0.25, -0.2) is 4.79 Å². The van der Waals surface area contributed by atoms with E-state index in [1.165, 1.54) is 0 Å². The maximum Gasteiger partial charge on any atom is 0.335 e. The molecule has 3 rings (SSSR count). The van der Waals surface area contributed by atoms with Gasteiger partial charge in [-0.2, -0.15) is 0 Å². The third-order valence-electron chi connectivity index (χ3n) is 4.39. The van der Waals surface area contributed by atoms with Gasteiger partial charge in [0.05, 0.1) is 18.8 Å². The van der Waals surface area contributed by atoms with Crippen LogP contribution >= 0.6 is 0 Å². The number of benzene rings is 1. The molecule has 0 saturated carbocycles. The summed E-state index contributed by atoms with van der Waals surface area (Å²) in [6.07, 6.45) is 0.642. The summed E-state index contributed by atoms with van der Waals surface area (Å²) in [7, 11) is 0. The van der Waals surface area contributed by atoms with E-state index < -0.39 is 5.97 Å². The number of morpholine rings is 1. The zero-order valence-electron chi connectivity index (χ0n) is 14.1. The van der Waals surface area contributed by atoms with Crippen molar-refractivity contribution in [2.75, 3.05) is 19.8 Å². The number of carboxylic acids is 1. The minimum absolute atomic E-state index is 0.0254. The van der Waals surface area contributed by atoms with Gasteiger partial charge < -0.3 is 19.2 Å². The van der Waals surface area contributed by atoms with Gasteiger partial charge in [0.25, 0.3) is 0 Å². The number of carbonyl (C=O) groups is 2. The van der Waals surface area contributed by atoms with E-state index in [2.05, 4.69) is 0 Å². The number of amides is 1. The molecule has 1 atom stereocenters. The molecule has 1 unspecified atom stereocenters. The van der Waals surface area contributed by atoms with Crippen LogP contribution in [0.2, 0.25) is 0 Å². The van der Waals surface area contributed by atoms with Gasteiger partial charge >= 0.3 is 5.97 Å². The molecule has 2 heterocycles. The first-order chi connectivity index (χ1) is 12.1. The van der Waals surface area contributed by atoms with Crippen LogP contribution in [0.15, 0.2) is 40.8 Å². The zero-order chi connectivity index (χ0) is 17.8. The molecule has 1 amide bonds. The highest BCUT2D eigenvalue weighted by atomic mass is 16.5. The van der Waals surface area contributed by atoms with Crippen molar-refractivity contribution >= 4 is 11.9 Å². The number of furan rings is 1. The van der Waals surface area contributed by atoms with Crippen molar-refractivity contribution in [1.29, 1.82) is 0 Å². The lowest BCUT2D eigenvalue weighted by molar-refractivity contribution is -0.141. The SMILES string of the molecule is Cc1ccc(C2COCCN2C(=O)CCc2ccccc2C(=O)O)o1. The molecule has 1 saturated heterocycles. The van der Waals surface area contributed by atoms with E-state index in [9.17, 15) is 14.7 Å².